The Kier molecular flexibility index (Phi) is 4.22. The van der Waals surface area contributed by atoms with Crippen molar-refractivity contribution < 1.29 is 4.74 Å². The van der Waals surface area contributed by atoms with Crippen molar-refractivity contribution in [2.24, 2.45) is 0 Å². The van der Waals surface area contributed by atoms with E-state index in [9.17, 15) is 0 Å². The van der Waals surface area contributed by atoms with Crippen LogP contribution in [0.4, 0.5) is 5.82 Å². The highest BCUT2D eigenvalue weighted by molar-refractivity contribution is 6.30. The molecule has 19 heavy (non-hydrogen) atoms. The lowest BCUT2D eigenvalue weighted by atomic mass is 10.2. The van der Waals surface area contributed by atoms with Gasteiger partial charge in [-0.25, -0.2) is 9.97 Å². The first-order chi connectivity index (χ1) is 9.11. The first kappa shape index (κ1) is 13.6. The fourth-order valence-corrected chi connectivity index (χ4v) is 1.83. The standard InChI is InChI=1S/C14H16ClN3O/c1-4-16-13-10(3)14(18-8-17-13)19-12-7-11(15)6-5-9(12)2/h5-8H,4H2,1-3H3,(H,16,17,18). The molecule has 5 heteroatoms. The molecule has 0 radical (unpaired) electrons. The molecule has 0 amide bonds. The molecular weight excluding hydrogens is 262 g/mol. The van der Waals surface area contributed by atoms with Crippen LogP contribution in [-0.2, 0) is 0 Å². The molecule has 100 valence electrons. The molecule has 1 N–H and O–H groups in total. The smallest absolute Gasteiger partial charge is 0.227 e. The number of rotatable bonds is 4. The van der Waals surface area contributed by atoms with Gasteiger partial charge in [0.1, 0.15) is 17.9 Å². The number of halogens is 1. The number of hydrogen-bond acceptors (Lipinski definition) is 4. The van der Waals surface area contributed by atoms with E-state index in [4.69, 9.17) is 16.3 Å². The quantitative estimate of drug-likeness (QED) is 0.918. The minimum Gasteiger partial charge on any atom is -0.438 e. The first-order valence-electron chi connectivity index (χ1n) is 6.11. The average molecular weight is 278 g/mol. The summed E-state index contributed by atoms with van der Waals surface area (Å²) in [5.41, 5.74) is 1.89. The summed E-state index contributed by atoms with van der Waals surface area (Å²) in [4.78, 5) is 8.35. The maximum atomic E-state index is 5.98. The van der Waals surface area contributed by atoms with Crippen molar-refractivity contribution in [3.8, 4) is 11.6 Å². The van der Waals surface area contributed by atoms with Gasteiger partial charge in [0.25, 0.3) is 0 Å². The lowest BCUT2D eigenvalue weighted by molar-refractivity contribution is 0.454. The maximum Gasteiger partial charge on any atom is 0.227 e. The highest BCUT2D eigenvalue weighted by Gasteiger charge is 2.10. The number of benzene rings is 1. The van der Waals surface area contributed by atoms with Crippen LogP contribution in [0.2, 0.25) is 5.02 Å². The molecule has 0 fully saturated rings. The molecule has 0 atom stereocenters. The second kappa shape index (κ2) is 5.89. The molecule has 1 aromatic carbocycles. The van der Waals surface area contributed by atoms with Crippen molar-refractivity contribution in [3.05, 3.63) is 40.7 Å². The van der Waals surface area contributed by atoms with E-state index >= 15 is 0 Å². The molecular formula is C14H16ClN3O. The van der Waals surface area contributed by atoms with Gasteiger partial charge < -0.3 is 10.1 Å². The Labute approximate surface area is 117 Å². The molecule has 4 nitrogen and oxygen atoms in total. The largest absolute Gasteiger partial charge is 0.438 e. The fraction of sp³-hybridized carbons (Fsp3) is 0.286. The molecule has 0 unspecified atom stereocenters. The average Bonchev–Trinajstić information content (AvgIpc) is 2.39. The van der Waals surface area contributed by atoms with Gasteiger partial charge in [0.2, 0.25) is 5.88 Å². The molecule has 1 heterocycles. The Hall–Kier alpha value is -1.81. The van der Waals surface area contributed by atoms with Crippen molar-refractivity contribution in [2.75, 3.05) is 11.9 Å². The van der Waals surface area contributed by atoms with Crippen LogP contribution >= 0.6 is 11.6 Å². The molecule has 0 bridgehead atoms. The molecule has 0 aliphatic carbocycles. The minimum atomic E-state index is 0.538. The van der Waals surface area contributed by atoms with Gasteiger partial charge >= 0.3 is 0 Å². The third-order valence-corrected chi connectivity index (χ3v) is 2.97. The zero-order valence-corrected chi connectivity index (χ0v) is 12.0. The van der Waals surface area contributed by atoms with Gasteiger partial charge in [-0.15, -0.1) is 0 Å². The highest BCUT2D eigenvalue weighted by atomic mass is 35.5. The van der Waals surface area contributed by atoms with Crippen molar-refractivity contribution in [2.45, 2.75) is 20.8 Å². The fourth-order valence-electron chi connectivity index (χ4n) is 1.67. The van der Waals surface area contributed by atoms with Gasteiger partial charge in [-0.2, -0.15) is 0 Å². The summed E-state index contributed by atoms with van der Waals surface area (Å²) in [5.74, 6) is 2.03. The van der Waals surface area contributed by atoms with E-state index in [2.05, 4.69) is 15.3 Å². The van der Waals surface area contributed by atoms with Gasteiger partial charge in [0, 0.05) is 11.6 Å². The lowest BCUT2D eigenvalue weighted by Gasteiger charge is -2.12. The van der Waals surface area contributed by atoms with Crippen LogP contribution in [0.1, 0.15) is 18.1 Å². The predicted octanol–water partition coefficient (Wildman–Crippen LogP) is 3.97. The van der Waals surface area contributed by atoms with E-state index in [1.165, 1.54) is 6.33 Å². The summed E-state index contributed by atoms with van der Waals surface area (Å²) in [5, 5.41) is 3.81. The molecule has 0 spiro atoms. The molecule has 0 aliphatic rings. The predicted molar refractivity (Wildman–Crippen MR) is 77.2 cm³/mol. The molecule has 0 aliphatic heterocycles. The molecule has 1 aromatic heterocycles. The van der Waals surface area contributed by atoms with Crippen molar-refractivity contribution in [1.82, 2.24) is 9.97 Å². The number of ether oxygens (including phenoxy) is 1. The summed E-state index contributed by atoms with van der Waals surface area (Å²) in [7, 11) is 0. The number of hydrogen-bond donors (Lipinski definition) is 1. The maximum absolute atomic E-state index is 5.98. The SMILES string of the molecule is CCNc1ncnc(Oc2cc(Cl)ccc2C)c1C. The Bertz CT molecular complexity index is 587. The van der Waals surface area contributed by atoms with Crippen molar-refractivity contribution in [3.63, 3.8) is 0 Å². The second-order valence-corrected chi connectivity index (χ2v) is 4.63. The Morgan fingerprint density at radius 3 is 2.79 bits per heavy atom. The number of aromatic nitrogens is 2. The van der Waals surface area contributed by atoms with Crippen LogP contribution < -0.4 is 10.1 Å². The van der Waals surface area contributed by atoms with Crippen LogP contribution in [0.3, 0.4) is 0 Å². The van der Waals surface area contributed by atoms with E-state index in [1.807, 2.05) is 32.9 Å². The van der Waals surface area contributed by atoms with Crippen molar-refractivity contribution >= 4 is 17.4 Å². The monoisotopic (exact) mass is 277 g/mol. The van der Waals surface area contributed by atoms with Crippen molar-refractivity contribution in [1.29, 1.82) is 0 Å². The summed E-state index contributed by atoms with van der Waals surface area (Å²) >= 11 is 5.98. The molecule has 0 saturated heterocycles. The first-order valence-corrected chi connectivity index (χ1v) is 6.49. The normalized spacial score (nSPS) is 10.3. The number of aryl methyl sites for hydroxylation is 1. The van der Waals surface area contributed by atoms with E-state index in [0.29, 0.717) is 16.7 Å². The number of nitrogens with zero attached hydrogens (tertiary/aromatic N) is 2. The van der Waals surface area contributed by atoms with E-state index < -0.39 is 0 Å². The summed E-state index contributed by atoms with van der Waals surface area (Å²) in [6.45, 7) is 6.71. The molecule has 0 saturated carbocycles. The van der Waals surface area contributed by atoms with E-state index in [0.717, 1.165) is 23.5 Å². The van der Waals surface area contributed by atoms with Gasteiger partial charge in [0.15, 0.2) is 0 Å². The summed E-state index contributed by atoms with van der Waals surface area (Å²) < 4.78 is 5.83. The van der Waals surface area contributed by atoms with Crippen LogP contribution in [0.5, 0.6) is 11.6 Å². The Morgan fingerprint density at radius 1 is 1.26 bits per heavy atom. The zero-order valence-electron chi connectivity index (χ0n) is 11.2. The molecule has 2 aromatic rings. The van der Waals surface area contributed by atoms with Crippen LogP contribution in [-0.4, -0.2) is 16.5 Å². The van der Waals surface area contributed by atoms with Crippen LogP contribution in [0, 0.1) is 13.8 Å². The van der Waals surface area contributed by atoms with Gasteiger partial charge in [0.05, 0.1) is 5.56 Å². The van der Waals surface area contributed by atoms with E-state index in [-0.39, 0.29) is 0 Å². The third kappa shape index (κ3) is 3.15. The van der Waals surface area contributed by atoms with Gasteiger partial charge in [-0.1, -0.05) is 17.7 Å². The van der Waals surface area contributed by atoms with Gasteiger partial charge in [-0.3, -0.25) is 0 Å². The third-order valence-electron chi connectivity index (χ3n) is 2.74. The number of nitrogens with one attached hydrogen (secondary N) is 1. The van der Waals surface area contributed by atoms with E-state index in [1.54, 1.807) is 6.07 Å². The van der Waals surface area contributed by atoms with Crippen LogP contribution in [0.25, 0.3) is 0 Å². The molecule has 2 rings (SSSR count). The summed E-state index contributed by atoms with van der Waals surface area (Å²) in [6, 6.07) is 5.53. The Morgan fingerprint density at radius 2 is 2.05 bits per heavy atom. The zero-order chi connectivity index (χ0) is 13.8. The summed E-state index contributed by atoms with van der Waals surface area (Å²) in [6.07, 6.45) is 1.49. The van der Waals surface area contributed by atoms with Gasteiger partial charge in [-0.05, 0) is 38.5 Å². The number of anilines is 1. The Balaban J connectivity index is 2.33. The van der Waals surface area contributed by atoms with Crippen LogP contribution in [0.15, 0.2) is 24.5 Å². The topological polar surface area (TPSA) is 47.0 Å². The second-order valence-electron chi connectivity index (χ2n) is 4.19. The highest BCUT2D eigenvalue weighted by Crippen LogP contribution is 2.30. The lowest BCUT2D eigenvalue weighted by Crippen LogP contribution is -2.04. The minimum absolute atomic E-state index is 0.538.